The van der Waals surface area contributed by atoms with Gasteiger partial charge in [-0.1, -0.05) is 27.7 Å². The van der Waals surface area contributed by atoms with E-state index in [1.807, 2.05) is 0 Å². The summed E-state index contributed by atoms with van der Waals surface area (Å²) >= 11 is 0. The zero-order valence-electron chi connectivity index (χ0n) is 11.4. The molecule has 94 valence electrons. The summed E-state index contributed by atoms with van der Waals surface area (Å²) < 4.78 is 5.58. The van der Waals surface area contributed by atoms with Gasteiger partial charge in [-0.05, 0) is 37.2 Å². The zero-order chi connectivity index (χ0) is 12.2. The summed E-state index contributed by atoms with van der Waals surface area (Å²) in [6.45, 7) is 16.2. The van der Waals surface area contributed by atoms with Gasteiger partial charge in [0.25, 0.3) is 0 Å². The topological polar surface area (TPSA) is 12.5 Å². The summed E-state index contributed by atoms with van der Waals surface area (Å²) in [6.07, 6.45) is 3.58. The van der Waals surface area contributed by atoms with Crippen LogP contribution in [0.15, 0.2) is 12.5 Å². The van der Waals surface area contributed by atoms with E-state index in [0.29, 0.717) is 5.41 Å². The monoisotopic (exact) mass is 225 g/mol. The maximum absolute atomic E-state index is 5.58. The Morgan fingerprint density at radius 3 is 2.31 bits per heavy atom. The first kappa shape index (κ1) is 13.4. The Kier molecular flexibility index (Phi) is 4.69. The second-order valence-electron chi connectivity index (χ2n) is 5.87. The lowest BCUT2D eigenvalue weighted by atomic mass is 9.75. The lowest BCUT2D eigenvalue weighted by molar-refractivity contribution is 0.0649. The Morgan fingerprint density at radius 2 is 1.88 bits per heavy atom. The highest BCUT2D eigenvalue weighted by molar-refractivity contribution is 4.89. The van der Waals surface area contributed by atoms with E-state index in [-0.39, 0.29) is 0 Å². The van der Waals surface area contributed by atoms with E-state index in [1.165, 1.54) is 12.8 Å². The van der Waals surface area contributed by atoms with Crippen molar-refractivity contribution >= 4 is 0 Å². The summed E-state index contributed by atoms with van der Waals surface area (Å²) in [5, 5.41) is 0. The van der Waals surface area contributed by atoms with E-state index >= 15 is 0 Å². The average molecular weight is 225 g/mol. The molecule has 2 nitrogen and oxygen atoms in total. The molecular formula is C14H27NO. The second kappa shape index (κ2) is 5.60. The second-order valence-corrected chi connectivity index (χ2v) is 5.87. The smallest absolute Gasteiger partial charge is 0.181 e. The van der Waals surface area contributed by atoms with Gasteiger partial charge < -0.3 is 9.64 Å². The molecule has 0 spiro atoms. The van der Waals surface area contributed by atoms with Crippen LogP contribution in [-0.2, 0) is 4.74 Å². The predicted octanol–water partition coefficient (Wildman–Crippen LogP) is 3.64. The van der Waals surface area contributed by atoms with Gasteiger partial charge in [0, 0.05) is 13.1 Å². The van der Waals surface area contributed by atoms with Gasteiger partial charge in [-0.15, -0.1) is 0 Å². The zero-order valence-corrected chi connectivity index (χ0v) is 11.4. The van der Waals surface area contributed by atoms with Crippen molar-refractivity contribution in [3.8, 4) is 0 Å². The maximum atomic E-state index is 5.58. The number of nitrogens with zero attached hydrogens (tertiary/aromatic N) is 1. The van der Waals surface area contributed by atoms with Crippen molar-refractivity contribution in [2.75, 3.05) is 19.7 Å². The Labute approximate surface area is 101 Å². The van der Waals surface area contributed by atoms with Gasteiger partial charge in [-0.2, -0.15) is 0 Å². The Bertz CT molecular complexity index is 221. The van der Waals surface area contributed by atoms with Gasteiger partial charge in [0.15, 0.2) is 5.88 Å². The van der Waals surface area contributed by atoms with Crippen molar-refractivity contribution in [2.45, 2.75) is 47.0 Å². The van der Waals surface area contributed by atoms with Crippen LogP contribution in [0, 0.1) is 11.3 Å². The van der Waals surface area contributed by atoms with Crippen LogP contribution in [0.1, 0.15) is 47.0 Å². The summed E-state index contributed by atoms with van der Waals surface area (Å²) in [5.74, 6) is 1.71. The number of likely N-dealkylation sites (tertiary alicyclic amines) is 1. The van der Waals surface area contributed by atoms with Crippen molar-refractivity contribution < 1.29 is 4.74 Å². The minimum atomic E-state index is 0.442. The molecule has 1 rings (SSSR count). The predicted molar refractivity (Wildman–Crippen MR) is 69.1 cm³/mol. The largest absolute Gasteiger partial charge is 0.480 e. The summed E-state index contributed by atoms with van der Waals surface area (Å²) in [4.78, 5) is 2.29. The standard InChI is InChI=1S/C14H27NO/c1-6-11-16-12(2)15-9-7-13(8-10-15)14(3,4)5/h13H,2,6-11H2,1,3-5H3. The van der Waals surface area contributed by atoms with Crippen LogP contribution in [0.2, 0.25) is 0 Å². The highest BCUT2D eigenvalue weighted by atomic mass is 16.5. The van der Waals surface area contributed by atoms with Crippen LogP contribution in [0.5, 0.6) is 0 Å². The van der Waals surface area contributed by atoms with Crippen LogP contribution < -0.4 is 0 Å². The molecule has 1 heterocycles. The molecule has 0 bridgehead atoms. The molecule has 0 radical (unpaired) electrons. The highest BCUT2D eigenvalue weighted by Gasteiger charge is 2.29. The normalized spacial score (nSPS) is 18.6. The lowest BCUT2D eigenvalue weighted by Crippen LogP contribution is -2.37. The Hall–Kier alpha value is -0.660. The maximum Gasteiger partial charge on any atom is 0.181 e. The number of ether oxygens (including phenoxy) is 1. The number of rotatable bonds is 4. The molecule has 0 atom stereocenters. The fourth-order valence-corrected chi connectivity index (χ4v) is 2.31. The quantitative estimate of drug-likeness (QED) is 0.677. The minimum absolute atomic E-state index is 0.442. The molecule has 0 aromatic heterocycles. The van der Waals surface area contributed by atoms with Crippen molar-refractivity contribution in [1.29, 1.82) is 0 Å². The van der Waals surface area contributed by atoms with E-state index in [1.54, 1.807) is 0 Å². The lowest BCUT2D eigenvalue weighted by Gasteiger charge is -2.39. The van der Waals surface area contributed by atoms with Gasteiger partial charge in [-0.25, -0.2) is 0 Å². The van der Waals surface area contributed by atoms with Crippen LogP contribution in [0.4, 0.5) is 0 Å². The van der Waals surface area contributed by atoms with E-state index in [4.69, 9.17) is 4.74 Å². The van der Waals surface area contributed by atoms with Gasteiger partial charge >= 0.3 is 0 Å². The van der Waals surface area contributed by atoms with Gasteiger partial charge in [0.1, 0.15) is 0 Å². The molecule has 0 aromatic carbocycles. The molecule has 0 unspecified atom stereocenters. The van der Waals surface area contributed by atoms with Crippen LogP contribution >= 0.6 is 0 Å². The fraction of sp³-hybridized carbons (Fsp3) is 0.857. The first-order valence-corrected chi connectivity index (χ1v) is 6.51. The molecule has 0 aromatic rings. The van der Waals surface area contributed by atoms with Crippen molar-refractivity contribution in [2.24, 2.45) is 11.3 Å². The number of hydrogen-bond donors (Lipinski definition) is 0. The average Bonchev–Trinajstić information content (AvgIpc) is 2.25. The number of hydrogen-bond acceptors (Lipinski definition) is 2. The summed E-state index contributed by atoms with van der Waals surface area (Å²) in [6, 6.07) is 0. The van der Waals surface area contributed by atoms with E-state index in [2.05, 4.69) is 39.2 Å². The third-order valence-corrected chi connectivity index (χ3v) is 3.55. The molecule has 1 aliphatic rings. The SMILES string of the molecule is C=C(OCCC)N1CCC(C(C)(C)C)CC1. The first-order chi connectivity index (χ1) is 7.45. The molecular weight excluding hydrogens is 198 g/mol. The molecule has 2 heteroatoms. The third-order valence-electron chi connectivity index (χ3n) is 3.55. The van der Waals surface area contributed by atoms with Gasteiger partial charge in [0.2, 0.25) is 0 Å². The Morgan fingerprint density at radius 1 is 1.31 bits per heavy atom. The molecule has 16 heavy (non-hydrogen) atoms. The molecule has 1 aliphatic heterocycles. The van der Waals surface area contributed by atoms with E-state index in [9.17, 15) is 0 Å². The molecule has 0 amide bonds. The molecule has 1 fully saturated rings. The number of piperidine rings is 1. The highest BCUT2D eigenvalue weighted by Crippen LogP contribution is 2.34. The summed E-state index contributed by atoms with van der Waals surface area (Å²) in [5.41, 5.74) is 0.442. The van der Waals surface area contributed by atoms with Crippen molar-refractivity contribution in [3.05, 3.63) is 12.5 Å². The van der Waals surface area contributed by atoms with E-state index < -0.39 is 0 Å². The third kappa shape index (κ3) is 3.73. The summed E-state index contributed by atoms with van der Waals surface area (Å²) in [7, 11) is 0. The van der Waals surface area contributed by atoms with E-state index in [0.717, 1.165) is 37.9 Å². The molecule has 0 saturated carbocycles. The van der Waals surface area contributed by atoms with Crippen LogP contribution in [0.3, 0.4) is 0 Å². The van der Waals surface area contributed by atoms with Crippen LogP contribution in [-0.4, -0.2) is 24.6 Å². The Balaban J connectivity index is 2.34. The van der Waals surface area contributed by atoms with Crippen molar-refractivity contribution in [3.63, 3.8) is 0 Å². The fourth-order valence-electron chi connectivity index (χ4n) is 2.31. The van der Waals surface area contributed by atoms with Crippen molar-refractivity contribution in [1.82, 2.24) is 4.90 Å². The first-order valence-electron chi connectivity index (χ1n) is 6.51. The molecule has 1 saturated heterocycles. The van der Waals surface area contributed by atoms with Crippen LogP contribution in [0.25, 0.3) is 0 Å². The van der Waals surface area contributed by atoms with Gasteiger partial charge in [0.05, 0.1) is 6.61 Å². The molecule has 0 N–H and O–H groups in total. The van der Waals surface area contributed by atoms with Gasteiger partial charge in [-0.3, -0.25) is 0 Å². The minimum Gasteiger partial charge on any atom is -0.480 e. The molecule has 0 aliphatic carbocycles.